The molecule has 0 aliphatic rings. The molecule has 0 bridgehead atoms. The monoisotopic (exact) mass is 260 g/mol. The molecule has 0 aliphatic carbocycles. The molecule has 0 aromatic heterocycles. The average Bonchev–Trinajstić information content (AvgIpc) is 2.23. The van der Waals surface area contributed by atoms with Gasteiger partial charge in [0, 0.05) is 18.4 Å². The highest BCUT2D eigenvalue weighted by molar-refractivity contribution is 5.85. The molecule has 0 saturated heterocycles. The SMILES string of the molecule is CC(C)(C)C(=O)NCCC(=O)N[C@@H](CO)C(=O)O. The van der Waals surface area contributed by atoms with E-state index in [1.165, 1.54) is 0 Å². The van der Waals surface area contributed by atoms with Crippen LogP contribution in [0.4, 0.5) is 0 Å². The molecule has 0 aliphatic heterocycles. The lowest BCUT2D eigenvalue weighted by Gasteiger charge is -2.17. The Labute approximate surface area is 106 Å². The van der Waals surface area contributed by atoms with E-state index in [0.29, 0.717) is 0 Å². The van der Waals surface area contributed by atoms with Crippen LogP contribution in [0.1, 0.15) is 27.2 Å². The maximum atomic E-state index is 11.5. The molecule has 7 nitrogen and oxygen atoms in total. The maximum Gasteiger partial charge on any atom is 0.328 e. The van der Waals surface area contributed by atoms with E-state index in [0.717, 1.165) is 0 Å². The Morgan fingerprint density at radius 1 is 1.22 bits per heavy atom. The van der Waals surface area contributed by atoms with Gasteiger partial charge in [-0.15, -0.1) is 0 Å². The second-order valence-electron chi connectivity index (χ2n) is 4.90. The summed E-state index contributed by atoms with van der Waals surface area (Å²) in [6.07, 6.45) is -0.0361. The molecule has 1 atom stereocenters. The first-order chi connectivity index (χ1) is 8.18. The topological polar surface area (TPSA) is 116 Å². The van der Waals surface area contributed by atoms with E-state index < -0.39 is 29.9 Å². The van der Waals surface area contributed by atoms with Crippen LogP contribution in [0.2, 0.25) is 0 Å². The second-order valence-corrected chi connectivity index (χ2v) is 4.90. The van der Waals surface area contributed by atoms with Crippen LogP contribution in [0.5, 0.6) is 0 Å². The van der Waals surface area contributed by atoms with Gasteiger partial charge < -0.3 is 20.8 Å². The van der Waals surface area contributed by atoms with E-state index in [4.69, 9.17) is 10.2 Å². The van der Waals surface area contributed by atoms with E-state index in [9.17, 15) is 14.4 Å². The van der Waals surface area contributed by atoms with Gasteiger partial charge in [-0.05, 0) is 0 Å². The highest BCUT2D eigenvalue weighted by atomic mass is 16.4. The number of aliphatic carboxylic acids is 1. The lowest BCUT2D eigenvalue weighted by atomic mass is 9.96. The van der Waals surface area contributed by atoms with Crippen LogP contribution in [-0.2, 0) is 14.4 Å². The Morgan fingerprint density at radius 3 is 2.17 bits per heavy atom. The number of amides is 2. The fourth-order valence-electron chi connectivity index (χ4n) is 1.01. The number of aliphatic hydroxyl groups is 1. The number of carbonyl (C=O) groups excluding carboxylic acids is 2. The third-order valence-electron chi connectivity index (χ3n) is 2.13. The normalized spacial score (nSPS) is 12.7. The molecule has 104 valence electrons. The highest BCUT2D eigenvalue weighted by Gasteiger charge is 2.21. The number of nitrogens with one attached hydrogen (secondary N) is 2. The minimum atomic E-state index is -1.31. The van der Waals surface area contributed by atoms with Crippen molar-refractivity contribution in [3.05, 3.63) is 0 Å². The number of carboxylic acid groups (broad SMARTS) is 1. The molecule has 2 amide bonds. The third-order valence-corrected chi connectivity index (χ3v) is 2.13. The van der Waals surface area contributed by atoms with Gasteiger partial charge in [-0.3, -0.25) is 9.59 Å². The van der Waals surface area contributed by atoms with Crippen molar-refractivity contribution >= 4 is 17.8 Å². The number of hydrogen-bond donors (Lipinski definition) is 4. The van der Waals surface area contributed by atoms with Gasteiger partial charge in [-0.25, -0.2) is 4.79 Å². The van der Waals surface area contributed by atoms with Crippen molar-refractivity contribution in [1.82, 2.24) is 10.6 Å². The van der Waals surface area contributed by atoms with Crippen LogP contribution in [0, 0.1) is 5.41 Å². The largest absolute Gasteiger partial charge is 0.480 e. The summed E-state index contributed by atoms with van der Waals surface area (Å²) in [4.78, 5) is 33.3. The summed E-state index contributed by atoms with van der Waals surface area (Å²) >= 11 is 0. The molecule has 7 heteroatoms. The van der Waals surface area contributed by atoms with Crippen molar-refractivity contribution in [2.24, 2.45) is 5.41 Å². The number of carbonyl (C=O) groups is 3. The summed E-state index contributed by atoms with van der Waals surface area (Å²) in [6, 6.07) is -1.31. The standard InChI is InChI=1S/C11H20N2O5/c1-11(2,3)10(18)12-5-4-8(15)13-7(6-14)9(16)17/h7,14H,4-6H2,1-3H3,(H,12,18)(H,13,15)(H,16,17)/t7-/m0/s1. The summed E-state index contributed by atoms with van der Waals surface area (Å²) in [7, 11) is 0. The lowest BCUT2D eigenvalue weighted by molar-refractivity contribution is -0.143. The highest BCUT2D eigenvalue weighted by Crippen LogP contribution is 2.11. The summed E-state index contributed by atoms with van der Waals surface area (Å²) < 4.78 is 0. The number of hydrogen-bond acceptors (Lipinski definition) is 4. The molecule has 0 aromatic rings. The van der Waals surface area contributed by atoms with Crippen LogP contribution in [0.25, 0.3) is 0 Å². The molecule has 0 aromatic carbocycles. The summed E-state index contributed by atoms with van der Waals surface area (Å²) in [5.74, 6) is -2.03. The Hall–Kier alpha value is -1.63. The molecule has 0 saturated carbocycles. The summed E-state index contributed by atoms with van der Waals surface area (Å²) in [5.41, 5.74) is -0.537. The zero-order valence-electron chi connectivity index (χ0n) is 10.8. The first kappa shape index (κ1) is 16.4. The third kappa shape index (κ3) is 6.19. The van der Waals surface area contributed by atoms with Crippen LogP contribution < -0.4 is 10.6 Å². The Balaban J connectivity index is 3.98. The van der Waals surface area contributed by atoms with E-state index in [1.54, 1.807) is 20.8 Å². The number of carboxylic acids is 1. The van der Waals surface area contributed by atoms with Crippen molar-refractivity contribution in [1.29, 1.82) is 0 Å². The minimum absolute atomic E-state index is 0.0361. The molecule has 0 radical (unpaired) electrons. The van der Waals surface area contributed by atoms with Gasteiger partial charge in [0.25, 0.3) is 0 Å². The quantitative estimate of drug-likeness (QED) is 0.494. The zero-order valence-corrected chi connectivity index (χ0v) is 10.8. The van der Waals surface area contributed by atoms with Gasteiger partial charge in [0.05, 0.1) is 6.61 Å². The molecule has 0 unspecified atom stereocenters. The van der Waals surface area contributed by atoms with Gasteiger partial charge in [0.1, 0.15) is 6.04 Å². The molecule has 4 N–H and O–H groups in total. The minimum Gasteiger partial charge on any atom is -0.480 e. The Bertz CT molecular complexity index is 322. The molecule has 0 heterocycles. The predicted molar refractivity (Wildman–Crippen MR) is 63.7 cm³/mol. The zero-order chi connectivity index (χ0) is 14.3. The second kappa shape index (κ2) is 6.95. The molecule has 0 spiro atoms. The van der Waals surface area contributed by atoms with E-state index >= 15 is 0 Å². The lowest BCUT2D eigenvalue weighted by Crippen LogP contribution is -2.44. The average molecular weight is 260 g/mol. The van der Waals surface area contributed by atoms with Crippen LogP contribution in [0.3, 0.4) is 0 Å². The van der Waals surface area contributed by atoms with Crippen LogP contribution in [0.15, 0.2) is 0 Å². The van der Waals surface area contributed by atoms with Crippen molar-refractivity contribution in [2.75, 3.05) is 13.2 Å². The van der Waals surface area contributed by atoms with E-state index in [1.807, 2.05) is 0 Å². The van der Waals surface area contributed by atoms with Gasteiger partial charge in [0.2, 0.25) is 11.8 Å². The van der Waals surface area contributed by atoms with Crippen molar-refractivity contribution in [3.63, 3.8) is 0 Å². The van der Waals surface area contributed by atoms with Gasteiger partial charge >= 0.3 is 5.97 Å². The fraction of sp³-hybridized carbons (Fsp3) is 0.727. The maximum absolute atomic E-state index is 11.5. The molecular weight excluding hydrogens is 240 g/mol. The van der Waals surface area contributed by atoms with Crippen LogP contribution in [-0.4, -0.2) is 47.2 Å². The molecule has 0 fully saturated rings. The smallest absolute Gasteiger partial charge is 0.328 e. The number of rotatable bonds is 6. The van der Waals surface area contributed by atoms with Crippen LogP contribution >= 0.6 is 0 Å². The molecule has 18 heavy (non-hydrogen) atoms. The van der Waals surface area contributed by atoms with Gasteiger partial charge in [-0.1, -0.05) is 20.8 Å². The first-order valence-electron chi connectivity index (χ1n) is 5.59. The van der Waals surface area contributed by atoms with Gasteiger partial charge in [0.15, 0.2) is 0 Å². The van der Waals surface area contributed by atoms with Gasteiger partial charge in [-0.2, -0.15) is 0 Å². The Morgan fingerprint density at radius 2 is 1.78 bits per heavy atom. The van der Waals surface area contributed by atoms with Crippen molar-refractivity contribution < 1.29 is 24.6 Å². The fourth-order valence-corrected chi connectivity index (χ4v) is 1.01. The van der Waals surface area contributed by atoms with Crippen molar-refractivity contribution in [2.45, 2.75) is 33.2 Å². The first-order valence-corrected chi connectivity index (χ1v) is 5.59. The van der Waals surface area contributed by atoms with Crippen molar-refractivity contribution in [3.8, 4) is 0 Å². The predicted octanol–water partition coefficient (Wildman–Crippen LogP) is -0.899. The summed E-state index contributed by atoms with van der Waals surface area (Å²) in [6.45, 7) is 4.69. The molecule has 0 rings (SSSR count). The molecular formula is C11H20N2O5. The van der Waals surface area contributed by atoms with E-state index in [2.05, 4.69) is 10.6 Å². The van der Waals surface area contributed by atoms with E-state index in [-0.39, 0.29) is 18.9 Å². The Kier molecular flexibility index (Phi) is 6.32. The summed E-state index contributed by atoms with van der Waals surface area (Å²) in [5, 5.41) is 22.0. The number of aliphatic hydroxyl groups excluding tert-OH is 1.